The molecular formula is C18H15ClF2N4O. The van der Waals surface area contributed by atoms with Crippen LogP contribution in [0.5, 0.6) is 5.75 Å². The van der Waals surface area contributed by atoms with Gasteiger partial charge in [0.05, 0.1) is 12.1 Å². The Morgan fingerprint density at radius 1 is 1.15 bits per heavy atom. The van der Waals surface area contributed by atoms with Crippen LogP contribution >= 0.6 is 11.6 Å². The number of aromatic nitrogens is 3. The second-order valence-electron chi connectivity index (χ2n) is 5.94. The van der Waals surface area contributed by atoms with Crippen LogP contribution in [0.3, 0.4) is 0 Å². The first kappa shape index (κ1) is 16.8. The van der Waals surface area contributed by atoms with E-state index in [1.807, 2.05) is 24.3 Å². The summed E-state index contributed by atoms with van der Waals surface area (Å²) >= 11 is 5.97. The number of rotatable bonds is 4. The Morgan fingerprint density at radius 2 is 1.92 bits per heavy atom. The molecule has 5 nitrogen and oxygen atoms in total. The van der Waals surface area contributed by atoms with Gasteiger partial charge in [-0.15, -0.1) is 0 Å². The fraction of sp³-hybridized carbons (Fsp3) is 0.222. The van der Waals surface area contributed by atoms with Crippen molar-refractivity contribution < 1.29 is 13.5 Å². The van der Waals surface area contributed by atoms with Gasteiger partial charge in [0.15, 0.2) is 0 Å². The van der Waals surface area contributed by atoms with Crippen molar-refractivity contribution in [2.45, 2.75) is 25.1 Å². The molecule has 26 heavy (non-hydrogen) atoms. The van der Waals surface area contributed by atoms with Gasteiger partial charge in [-0.2, -0.15) is 18.9 Å². The molecule has 3 aromatic rings. The third-order valence-corrected chi connectivity index (χ3v) is 4.65. The minimum atomic E-state index is -2.89. The first-order chi connectivity index (χ1) is 12.6. The summed E-state index contributed by atoms with van der Waals surface area (Å²) in [6.07, 6.45) is 2.04. The Hall–Kier alpha value is -2.67. The lowest BCUT2D eigenvalue weighted by Gasteiger charge is -2.32. The van der Waals surface area contributed by atoms with Gasteiger partial charge in [-0.25, -0.2) is 4.68 Å². The Bertz CT molecular complexity index is 900. The molecular weight excluding hydrogens is 362 g/mol. The summed E-state index contributed by atoms with van der Waals surface area (Å²) in [5, 5.41) is 8.24. The van der Waals surface area contributed by atoms with Crippen LogP contribution in [0.25, 0.3) is 0 Å². The molecule has 0 radical (unpaired) electrons. The third-order valence-electron chi connectivity index (χ3n) is 4.40. The van der Waals surface area contributed by atoms with E-state index in [1.165, 1.54) is 12.4 Å². The van der Waals surface area contributed by atoms with E-state index in [-0.39, 0.29) is 17.8 Å². The van der Waals surface area contributed by atoms with E-state index in [2.05, 4.69) is 15.4 Å². The maximum atomic E-state index is 12.8. The number of alkyl halides is 2. The zero-order chi connectivity index (χ0) is 18.1. The largest absolute Gasteiger partial charge is 0.434 e. The number of ether oxygens (including phenoxy) is 1. The summed E-state index contributed by atoms with van der Waals surface area (Å²) in [5.41, 5.74) is 1.67. The highest BCUT2D eigenvalue weighted by molar-refractivity contribution is 6.30. The van der Waals surface area contributed by atoms with Crippen LogP contribution in [0.4, 0.5) is 14.7 Å². The van der Waals surface area contributed by atoms with Gasteiger partial charge in [-0.1, -0.05) is 41.9 Å². The second-order valence-corrected chi connectivity index (χ2v) is 6.38. The van der Waals surface area contributed by atoms with Crippen molar-refractivity contribution in [2.24, 2.45) is 0 Å². The summed E-state index contributed by atoms with van der Waals surface area (Å²) in [5.74, 6) is 0.721. The SMILES string of the molecule is FC(F)Oc1ccccc1C1CC(c2ccc(Cl)cc2)Nc2ncnn21. The van der Waals surface area contributed by atoms with Gasteiger partial charge >= 0.3 is 6.61 Å². The molecule has 134 valence electrons. The van der Waals surface area contributed by atoms with E-state index in [4.69, 9.17) is 16.3 Å². The Morgan fingerprint density at radius 3 is 2.69 bits per heavy atom. The molecule has 0 aliphatic carbocycles. The molecule has 1 aliphatic rings. The molecule has 4 rings (SSSR count). The molecule has 0 amide bonds. The number of fused-ring (bicyclic) bond motifs is 1. The number of hydrogen-bond donors (Lipinski definition) is 1. The molecule has 0 fully saturated rings. The lowest BCUT2D eigenvalue weighted by Crippen LogP contribution is -2.28. The Kier molecular flexibility index (Phi) is 4.46. The van der Waals surface area contributed by atoms with Crippen molar-refractivity contribution in [1.82, 2.24) is 14.8 Å². The number of hydrogen-bond acceptors (Lipinski definition) is 4. The van der Waals surface area contributed by atoms with Gasteiger partial charge in [-0.3, -0.25) is 0 Å². The van der Waals surface area contributed by atoms with Crippen molar-refractivity contribution in [3.8, 4) is 5.75 Å². The van der Waals surface area contributed by atoms with E-state index < -0.39 is 6.61 Å². The summed E-state index contributed by atoms with van der Waals surface area (Å²) in [6.45, 7) is -2.89. The van der Waals surface area contributed by atoms with E-state index in [1.54, 1.807) is 22.9 Å². The lowest BCUT2D eigenvalue weighted by molar-refractivity contribution is -0.0507. The molecule has 8 heteroatoms. The van der Waals surface area contributed by atoms with E-state index in [0.717, 1.165) is 5.56 Å². The van der Waals surface area contributed by atoms with Crippen molar-refractivity contribution in [1.29, 1.82) is 0 Å². The quantitative estimate of drug-likeness (QED) is 0.718. The topological polar surface area (TPSA) is 52.0 Å². The normalized spacial score (nSPS) is 19.1. The summed E-state index contributed by atoms with van der Waals surface area (Å²) in [6, 6.07) is 13.9. The van der Waals surface area contributed by atoms with Gasteiger partial charge in [0, 0.05) is 10.6 Å². The zero-order valence-corrected chi connectivity index (χ0v) is 14.3. The minimum absolute atomic E-state index is 0.0615. The molecule has 1 aromatic heterocycles. The molecule has 0 saturated carbocycles. The van der Waals surface area contributed by atoms with Crippen LogP contribution in [0.15, 0.2) is 54.9 Å². The highest BCUT2D eigenvalue weighted by atomic mass is 35.5. The van der Waals surface area contributed by atoms with E-state index >= 15 is 0 Å². The zero-order valence-electron chi connectivity index (χ0n) is 13.5. The minimum Gasteiger partial charge on any atom is -0.434 e. The summed E-state index contributed by atoms with van der Waals surface area (Å²) < 4.78 is 32.0. The van der Waals surface area contributed by atoms with Gasteiger partial charge in [0.2, 0.25) is 5.95 Å². The van der Waals surface area contributed by atoms with Gasteiger partial charge < -0.3 is 10.1 Å². The number of para-hydroxylation sites is 1. The van der Waals surface area contributed by atoms with Crippen LogP contribution in [-0.4, -0.2) is 21.4 Å². The molecule has 0 bridgehead atoms. The second kappa shape index (κ2) is 6.92. The van der Waals surface area contributed by atoms with Gasteiger partial charge in [0.1, 0.15) is 12.1 Å². The van der Waals surface area contributed by atoms with Gasteiger partial charge in [0.25, 0.3) is 0 Å². The van der Waals surface area contributed by atoms with Crippen LogP contribution in [0.2, 0.25) is 5.02 Å². The fourth-order valence-corrected chi connectivity index (χ4v) is 3.38. The highest BCUT2D eigenvalue weighted by Gasteiger charge is 2.31. The maximum absolute atomic E-state index is 12.8. The predicted molar refractivity (Wildman–Crippen MR) is 93.7 cm³/mol. The van der Waals surface area contributed by atoms with Crippen LogP contribution in [-0.2, 0) is 0 Å². The first-order valence-electron chi connectivity index (χ1n) is 8.07. The Labute approximate surface area is 153 Å². The molecule has 2 unspecified atom stereocenters. The average molecular weight is 377 g/mol. The van der Waals surface area contributed by atoms with Crippen molar-refractivity contribution in [3.05, 3.63) is 71.0 Å². The highest BCUT2D eigenvalue weighted by Crippen LogP contribution is 2.40. The van der Waals surface area contributed by atoms with Crippen molar-refractivity contribution >= 4 is 17.5 Å². The molecule has 2 atom stereocenters. The standard InChI is InChI=1S/C18H15ClF2N4O/c19-12-7-5-11(6-8-12)14-9-15(25-18(24-14)22-10-23-25)13-3-1-2-4-16(13)26-17(20)21/h1-8,10,14-15,17H,9H2,(H,22,23,24). The van der Waals surface area contributed by atoms with Gasteiger partial charge in [-0.05, 0) is 30.2 Å². The molecule has 2 aromatic carbocycles. The van der Waals surface area contributed by atoms with E-state index in [9.17, 15) is 8.78 Å². The van der Waals surface area contributed by atoms with Crippen LogP contribution < -0.4 is 10.1 Å². The monoisotopic (exact) mass is 376 g/mol. The molecule has 0 spiro atoms. The number of anilines is 1. The average Bonchev–Trinajstić information content (AvgIpc) is 3.10. The molecule has 1 N–H and O–H groups in total. The smallest absolute Gasteiger partial charge is 0.387 e. The summed E-state index contributed by atoms with van der Waals surface area (Å²) in [7, 11) is 0. The van der Waals surface area contributed by atoms with Crippen molar-refractivity contribution in [2.75, 3.05) is 5.32 Å². The maximum Gasteiger partial charge on any atom is 0.387 e. The molecule has 0 saturated heterocycles. The molecule has 2 heterocycles. The van der Waals surface area contributed by atoms with Crippen LogP contribution in [0.1, 0.15) is 29.6 Å². The number of halogens is 3. The third kappa shape index (κ3) is 3.22. The van der Waals surface area contributed by atoms with Crippen LogP contribution in [0, 0.1) is 0 Å². The first-order valence-corrected chi connectivity index (χ1v) is 8.45. The fourth-order valence-electron chi connectivity index (χ4n) is 3.25. The number of nitrogens with zero attached hydrogens (tertiary/aromatic N) is 3. The Balaban J connectivity index is 1.73. The number of benzene rings is 2. The van der Waals surface area contributed by atoms with Crippen molar-refractivity contribution in [3.63, 3.8) is 0 Å². The number of nitrogens with one attached hydrogen (secondary N) is 1. The molecule has 1 aliphatic heterocycles. The predicted octanol–water partition coefficient (Wildman–Crippen LogP) is 4.68. The summed E-state index contributed by atoms with van der Waals surface area (Å²) in [4.78, 5) is 4.24. The lowest BCUT2D eigenvalue weighted by atomic mass is 9.93. The van der Waals surface area contributed by atoms with E-state index in [0.29, 0.717) is 23.0 Å².